The van der Waals surface area contributed by atoms with Crippen LogP contribution in [0.25, 0.3) is 0 Å². The van der Waals surface area contributed by atoms with Gasteiger partial charge in [0.2, 0.25) is 0 Å². The number of benzene rings is 1. The second kappa shape index (κ2) is 6.03. The van der Waals surface area contributed by atoms with E-state index in [2.05, 4.69) is 16.6 Å². The lowest BCUT2D eigenvalue weighted by Crippen LogP contribution is -2.07. The molecule has 5 heteroatoms. The number of alkyl halides is 2. The third-order valence-electron chi connectivity index (χ3n) is 1.56. The Bertz CT molecular complexity index is 407. The highest BCUT2D eigenvalue weighted by Gasteiger charge is 2.05. The van der Waals surface area contributed by atoms with Crippen molar-refractivity contribution in [3.8, 4) is 17.6 Å². The van der Waals surface area contributed by atoms with Crippen LogP contribution in [0.3, 0.4) is 0 Å². The smallest absolute Gasteiger partial charge is 0.272 e. The van der Waals surface area contributed by atoms with Gasteiger partial charge in [-0.3, -0.25) is 0 Å². The number of rotatable bonds is 3. The zero-order valence-electron chi connectivity index (χ0n) is 8.21. The average Bonchev–Trinajstić information content (AvgIpc) is 2.23. The molecule has 0 atom stereocenters. The second-order valence-electron chi connectivity index (χ2n) is 2.84. The van der Waals surface area contributed by atoms with Crippen molar-refractivity contribution in [3.63, 3.8) is 0 Å². The zero-order valence-corrected chi connectivity index (χ0v) is 8.21. The molecule has 0 aliphatic rings. The molecule has 2 nitrogen and oxygen atoms in total. The highest BCUT2D eigenvalue weighted by atomic mass is 19.3. The van der Waals surface area contributed by atoms with Gasteiger partial charge in [0.25, 0.3) is 6.43 Å². The summed E-state index contributed by atoms with van der Waals surface area (Å²) in [4.78, 5) is 0. The molecule has 0 saturated carbocycles. The Labute approximate surface area is 90.7 Å². The minimum absolute atomic E-state index is 0.0115. The number of hydrogen-bond donors (Lipinski definition) is 1. The summed E-state index contributed by atoms with van der Waals surface area (Å²) in [5, 5.41) is 8.44. The molecule has 0 saturated heterocycles. The monoisotopic (exact) mass is 230 g/mol. The van der Waals surface area contributed by atoms with Crippen molar-refractivity contribution < 1.29 is 23.0 Å². The Morgan fingerprint density at radius 2 is 2.06 bits per heavy atom. The molecule has 1 N–H and O–H groups in total. The van der Waals surface area contributed by atoms with E-state index in [1.54, 1.807) is 0 Å². The van der Waals surface area contributed by atoms with Crippen molar-refractivity contribution in [2.24, 2.45) is 0 Å². The van der Waals surface area contributed by atoms with Gasteiger partial charge in [-0.15, -0.1) is 0 Å². The van der Waals surface area contributed by atoms with E-state index in [0.29, 0.717) is 0 Å². The Hall–Kier alpha value is -1.67. The highest BCUT2D eigenvalue weighted by Crippen LogP contribution is 2.16. The molecule has 0 unspecified atom stereocenters. The minimum Gasteiger partial charge on any atom is -0.487 e. The summed E-state index contributed by atoms with van der Waals surface area (Å²) in [5.74, 6) is 4.13. The van der Waals surface area contributed by atoms with Gasteiger partial charge in [-0.2, -0.15) is 0 Å². The van der Waals surface area contributed by atoms with Crippen LogP contribution in [0.4, 0.5) is 13.2 Å². The Morgan fingerprint density at radius 1 is 1.31 bits per heavy atom. The van der Waals surface area contributed by atoms with Crippen LogP contribution in [0.1, 0.15) is 5.56 Å². The topological polar surface area (TPSA) is 29.5 Å². The lowest BCUT2D eigenvalue weighted by molar-refractivity contribution is 0.0817. The van der Waals surface area contributed by atoms with E-state index in [4.69, 9.17) is 5.11 Å². The van der Waals surface area contributed by atoms with Crippen LogP contribution in [0.15, 0.2) is 18.2 Å². The first-order valence-corrected chi connectivity index (χ1v) is 4.43. The van der Waals surface area contributed by atoms with Gasteiger partial charge in [0.15, 0.2) is 0 Å². The summed E-state index contributed by atoms with van der Waals surface area (Å²) < 4.78 is 41.3. The molecular formula is C11H9F3O2. The normalized spacial score (nSPS) is 9.81. The molecule has 0 bridgehead atoms. The van der Waals surface area contributed by atoms with E-state index in [-0.39, 0.29) is 17.9 Å². The first-order chi connectivity index (χ1) is 7.61. The second-order valence-corrected chi connectivity index (χ2v) is 2.84. The van der Waals surface area contributed by atoms with Crippen LogP contribution >= 0.6 is 0 Å². The van der Waals surface area contributed by atoms with Crippen molar-refractivity contribution in [2.45, 2.75) is 6.43 Å². The lowest BCUT2D eigenvalue weighted by Gasteiger charge is -2.05. The average molecular weight is 230 g/mol. The van der Waals surface area contributed by atoms with Crippen molar-refractivity contribution >= 4 is 0 Å². The van der Waals surface area contributed by atoms with Gasteiger partial charge >= 0.3 is 0 Å². The van der Waals surface area contributed by atoms with Gasteiger partial charge in [0, 0.05) is 11.6 Å². The highest BCUT2D eigenvalue weighted by molar-refractivity contribution is 5.40. The number of hydrogen-bond acceptors (Lipinski definition) is 2. The molecule has 1 aromatic carbocycles. The van der Waals surface area contributed by atoms with Crippen LogP contribution in [-0.4, -0.2) is 24.7 Å². The summed E-state index contributed by atoms with van der Waals surface area (Å²) in [7, 11) is 0. The van der Waals surface area contributed by atoms with E-state index in [1.807, 2.05) is 0 Å². The largest absolute Gasteiger partial charge is 0.487 e. The van der Waals surface area contributed by atoms with Gasteiger partial charge < -0.3 is 9.84 Å². The van der Waals surface area contributed by atoms with E-state index in [9.17, 15) is 13.2 Å². The first-order valence-electron chi connectivity index (χ1n) is 4.43. The predicted molar refractivity (Wildman–Crippen MR) is 51.9 cm³/mol. The van der Waals surface area contributed by atoms with Crippen molar-refractivity contribution in [1.29, 1.82) is 0 Å². The van der Waals surface area contributed by atoms with E-state index >= 15 is 0 Å². The molecule has 0 aliphatic heterocycles. The SMILES string of the molecule is OCC#Cc1cc(F)cc(OCC(F)F)c1. The summed E-state index contributed by atoms with van der Waals surface area (Å²) in [6, 6.07) is 3.44. The maximum Gasteiger partial charge on any atom is 0.272 e. The Balaban J connectivity index is 2.81. The maximum atomic E-state index is 13.0. The fraction of sp³-hybridized carbons (Fsp3) is 0.273. The van der Waals surface area contributed by atoms with Gasteiger partial charge in [-0.1, -0.05) is 11.8 Å². The summed E-state index contributed by atoms with van der Waals surface area (Å²) in [6.45, 7) is -1.15. The number of halogens is 3. The van der Waals surface area contributed by atoms with Crippen molar-refractivity contribution in [3.05, 3.63) is 29.6 Å². The summed E-state index contributed by atoms with van der Waals surface area (Å²) >= 11 is 0. The van der Waals surface area contributed by atoms with Gasteiger partial charge in [-0.25, -0.2) is 13.2 Å². The Kier molecular flexibility index (Phi) is 4.67. The molecule has 0 fully saturated rings. The van der Waals surface area contributed by atoms with Crippen LogP contribution < -0.4 is 4.74 Å². The molecule has 1 rings (SSSR count). The molecular weight excluding hydrogens is 221 g/mol. The van der Waals surface area contributed by atoms with Crippen molar-refractivity contribution in [1.82, 2.24) is 0 Å². The van der Waals surface area contributed by atoms with Gasteiger partial charge in [0.05, 0.1) is 0 Å². The number of ether oxygens (including phenoxy) is 1. The molecule has 0 aliphatic carbocycles. The lowest BCUT2D eigenvalue weighted by atomic mass is 10.2. The third kappa shape index (κ3) is 4.24. The van der Waals surface area contributed by atoms with Crippen LogP contribution in [0.2, 0.25) is 0 Å². The first kappa shape index (κ1) is 12.4. The third-order valence-corrected chi connectivity index (χ3v) is 1.56. The molecule has 1 aromatic rings. The molecule has 0 radical (unpaired) electrons. The number of aliphatic hydroxyl groups is 1. The molecule has 0 spiro atoms. The molecule has 0 heterocycles. The minimum atomic E-state index is -2.62. The molecule has 86 valence electrons. The van der Waals surface area contributed by atoms with Crippen LogP contribution in [-0.2, 0) is 0 Å². The predicted octanol–water partition coefficient (Wildman–Crippen LogP) is 1.81. The van der Waals surface area contributed by atoms with E-state index in [1.165, 1.54) is 6.07 Å². The molecule has 0 amide bonds. The maximum absolute atomic E-state index is 13.0. The van der Waals surface area contributed by atoms with Crippen molar-refractivity contribution in [2.75, 3.05) is 13.2 Å². The fourth-order valence-electron chi connectivity index (χ4n) is 1.02. The van der Waals surface area contributed by atoms with E-state index in [0.717, 1.165) is 12.1 Å². The Morgan fingerprint density at radius 3 is 2.69 bits per heavy atom. The zero-order chi connectivity index (χ0) is 12.0. The van der Waals surface area contributed by atoms with Crippen LogP contribution in [0.5, 0.6) is 5.75 Å². The standard InChI is InChI=1S/C11H9F3O2/c12-9-4-8(2-1-3-15)5-10(6-9)16-7-11(13)14/h4-6,11,15H,3,7H2. The number of aliphatic hydroxyl groups excluding tert-OH is 1. The van der Waals surface area contributed by atoms with Gasteiger partial charge in [-0.05, 0) is 12.1 Å². The molecule has 16 heavy (non-hydrogen) atoms. The fourth-order valence-corrected chi connectivity index (χ4v) is 1.02. The summed E-state index contributed by atoms with van der Waals surface area (Å²) in [5.41, 5.74) is 0.262. The molecule has 0 aromatic heterocycles. The van der Waals surface area contributed by atoms with Crippen LogP contribution in [0, 0.1) is 17.7 Å². The van der Waals surface area contributed by atoms with E-state index < -0.39 is 18.8 Å². The summed E-state index contributed by atoms with van der Waals surface area (Å²) in [6.07, 6.45) is -2.62. The van der Waals surface area contributed by atoms with Gasteiger partial charge in [0.1, 0.15) is 24.8 Å². The quantitative estimate of drug-likeness (QED) is 0.802.